The summed E-state index contributed by atoms with van der Waals surface area (Å²) in [7, 11) is 0. The van der Waals surface area contributed by atoms with Crippen LogP contribution in [0, 0.1) is 5.82 Å². The second-order valence-corrected chi connectivity index (χ2v) is 7.81. The molecule has 1 amide bonds. The van der Waals surface area contributed by atoms with Gasteiger partial charge in [-0.25, -0.2) is 9.18 Å². The molecular formula is C19H26FN3O3. The normalized spacial score (nSPS) is 22.3. The van der Waals surface area contributed by atoms with Gasteiger partial charge in [-0.05, 0) is 45.7 Å². The maximum atomic E-state index is 14.2. The minimum Gasteiger partial charge on any atom is -0.444 e. The molecule has 1 aromatic rings. The molecule has 26 heavy (non-hydrogen) atoms. The number of nitrogens with one attached hydrogen (secondary N) is 1. The van der Waals surface area contributed by atoms with Crippen molar-refractivity contribution in [3.8, 4) is 0 Å². The molecule has 1 atom stereocenters. The quantitative estimate of drug-likeness (QED) is 0.846. The fraction of sp³-hybridized carbons (Fsp3) is 0.526. The van der Waals surface area contributed by atoms with E-state index < -0.39 is 17.4 Å². The third-order valence-electron chi connectivity index (χ3n) is 4.69. The lowest BCUT2D eigenvalue weighted by Gasteiger charge is -2.44. The van der Waals surface area contributed by atoms with Gasteiger partial charge in [0.1, 0.15) is 23.2 Å². The highest BCUT2D eigenvalue weighted by Gasteiger charge is 2.45. The predicted octanol–water partition coefficient (Wildman–Crippen LogP) is 2.79. The number of hydrogen-bond acceptors (Lipinski definition) is 5. The molecule has 0 aliphatic carbocycles. The maximum absolute atomic E-state index is 14.2. The van der Waals surface area contributed by atoms with Crippen LogP contribution in [0.4, 0.5) is 14.9 Å². The number of likely N-dealkylation sites (tertiary alicyclic amines) is 1. The Hall–Kier alpha value is -2.28. The van der Waals surface area contributed by atoms with E-state index >= 15 is 0 Å². The highest BCUT2D eigenvalue weighted by molar-refractivity contribution is 5.68. The summed E-state index contributed by atoms with van der Waals surface area (Å²) < 4.78 is 19.6. The molecule has 0 aromatic heterocycles. The number of piperidine rings is 1. The molecule has 2 N–H and O–H groups in total. The number of carbonyl (C=O) groups excluding carboxylic acids is 1. The van der Waals surface area contributed by atoms with Crippen molar-refractivity contribution in [1.82, 2.24) is 10.2 Å². The molecule has 2 aliphatic heterocycles. The molecule has 3 rings (SSSR count). The molecule has 6 nitrogen and oxygen atoms in total. The van der Waals surface area contributed by atoms with Gasteiger partial charge in [0, 0.05) is 25.5 Å². The SMILES string of the molecule is CC(C)(C)OC(=O)N1CCC(O)(C2NC=CN2c2ccccc2F)CC1. The Bertz CT molecular complexity index is 694. The maximum Gasteiger partial charge on any atom is 0.410 e. The van der Waals surface area contributed by atoms with Crippen molar-refractivity contribution in [1.29, 1.82) is 0 Å². The summed E-state index contributed by atoms with van der Waals surface area (Å²) in [5, 5.41) is 14.3. The first-order chi connectivity index (χ1) is 12.2. The summed E-state index contributed by atoms with van der Waals surface area (Å²) in [6.45, 7) is 6.24. The number of hydrogen-bond donors (Lipinski definition) is 2. The minimum atomic E-state index is -1.09. The Kier molecular flexibility index (Phi) is 4.84. The van der Waals surface area contributed by atoms with Crippen LogP contribution >= 0.6 is 0 Å². The second-order valence-electron chi connectivity index (χ2n) is 7.81. The average Bonchev–Trinajstić information content (AvgIpc) is 3.04. The van der Waals surface area contributed by atoms with Gasteiger partial charge in [0.2, 0.25) is 0 Å². The number of anilines is 1. The number of halogens is 1. The summed E-state index contributed by atoms with van der Waals surface area (Å²) in [5.74, 6) is -0.347. The van der Waals surface area contributed by atoms with Crippen LogP contribution in [0.1, 0.15) is 33.6 Å². The van der Waals surface area contributed by atoms with E-state index in [0.29, 0.717) is 31.6 Å². The van der Waals surface area contributed by atoms with Gasteiger partial charge < -0.3 is 25.0 Å². The summed E-state index contributed by atoms with van der Waals surface area (Å²) in [6.07, 6.45) is 3.31. The molecule has 1 unspecified atom stereocenters. The van der Waals surface area contributed by atoms with Gasteiger partial charge in [0.15, 0.2) is 0 Å². The van der Waals surface area contributed by atoms with E-state index in [1.165, 1.54) is 6.07 Å². The van der Waals surface area contributed by atoms with Crippen molar-refractivity contribution < 1.29 is 19.0 Å². The zero-order valence-corrected chi connectivity index (χ0v) is 15.4. The summed E-state index contributed by atoms with van der Waals surface area (Å²) in [5.41, 5.74) is -1.24. The van der Waals surface area contributed by atoms with E-state index in [1.54, 1.807) is 40.4 Å². The number of para-hydroxylation sites is 1. The van der Waals surface area contributed by atoms with Gasteiger partial charge in [-0.3, -0.25) is 0 Å². The van der Waals surface area contributed by atoms with Gasteiger partial charge in [0.25, 0.3) is 0 Å². The topological polar surface area (TPSA) is 65.0 Å². The fourth-order valence-corrected chi connectivity index (χ4v) is 3.35. The zero-order chi connectivity index (χ0) is 18.9. The second kappa shape index (κ2) is 6.79. The van der Waals surface area contributed by atoms with Gasteiger partial charge in [0.05, 0.1) is 5.69 Å². The Labute approximate surface area is 153 Å². The first kappa shape index (κ1) is 18.5. The lowest BCUT2D eigenvalue weighted by molar-refractivity contribution is -0.0492. The summed E-state index contributed by atoms with van der Waals surface area (Å²) in [6, 6.07) is 6.47. The Morgan fingerprint density at radius 2 is 1.96 bits per heavy atom. The van der Waals surface area contributed by atoms with E-state index in [0.717, 1.165) is 0 Å². The zero-order valence-electron chi connectivity index (χ0n) is 15.4. The van der Waals surface area contributed by atoms with E-state index in [-0.39, 0.29) is 11.9 Å². The van der Waals surface area contributed by atoms with Gasteiger partial charge in [-0.15, -0.1) is 0 Å². The van der Waals surface area contributed by atoms with Crippen LogP contribution in [-0.2, 0) is 4.74 Å². The van der Waals surface area contributed by atoms with Gasteiger partial charge in [-0.1, -0.05) is 12.1 Å². The van der Waals surface area contributed by atoms with E-state index in [1.807, 2.05) is 20.8 Å². The largest absolute Gasteiger partial charge is 0.444 e. The summed E-state index contributed by atoms with van der Waals surface area (Å²) in [4.78, 5) is 15.5. The number of rotatable bonds is 2. The third-order valence-corrected chi connectivity index (χ3v) is 4.69. The highest BCUT2D eigenvalue weighted by Crippen LogP contribution is 2.34. The molecule has 2 heterocycles. The number of benzene rings is 1. The molecule has 1 aromatic carbocycles. The van der Waals surface area contributed by atoms with Crippen molar-refractivity contribution in [2.24, 2.45) is 0 Å². The highest BCUT2D eigenvalue weighted by atomic mass is 19.1. The van der Waals surface area contributed by atoms with Crippen molar-refractivity contribution in [2.45, 2.75) is 51.0 Å². The van der Waals surface area contributed by atoms with Crippen LogP contribution in [0.15, 0.2) is 36.7 Å². The lowest BCUT2D eigenvalue weighted by Crippen LogP contribution is -2.60. The molecule has 7 heteroatoms. The number of aliphatic hydroxyl groups is 1. The van der Waals surface area contributed by atoms with Crippen molar-refractivity contribution in [2.75, 3.05) is 18.0 Å². The first-order valence-corrected chi connectivity index (χ1v) is 8.85. The number of ether oxygens (including phenoxy) is 1. The Morgan fingerprint density at radius 3 is 2.58 bits per heavy atom. The molecule has 0 saturated carbocycles. The molecule has 1 saturated heterocycles. The third kappa shape index (κ3) is 3.77. The van der Waals surface area contributed by atoms with Crippen LogP contribution in [0.5, 0.6) is 0 Å². The van der Waals surface area contributed by atoms with E-state index in [4.69, 9.17) is 4.74 Å². The molecule has 0 bridgehead atoms. The molecular weight excluding hydrogens is 337 g/mol. The molecule has 0 spiro atoms. The van der Waals surface area contributed by atoms with Crippen LogP contribution in [-0.4, -0.2) is 46.6 Å². The van der Waals surface area contributed by atoms with Crippen molar-refractivity contribution in [3.63, 3.8) is 0 Å². The van der Waals surface area contributed by atoms with E-state index in [2.05, 4.69) is 5.32 Å². The summed E-state index contributed by atoms with van der Waals surface area (Å²) >= 11 is 0. The average molecular weight is 363 g/mol. The Balaban J connectivity index is 1.69. The van der Waals surface area contributed by atoms with Gasteiger partial charge >= 0.3 is 6.09 Å². The number of carbonyl (C=O) groups is 1. The number of nitrogens with zero attached hydrogens (tertiary/aromatic N) is 2. The van der Waals surface area contributed by atoms with Crippen LogP contribution in [0.3, 0.4) is 0 Å². The standard InChI is InChI=1S/C19H26FN3O3/c1-18(2,3)26-17(24)22-11-8-19(25,9-12-22)16-21-10-13-23(16)15-7-5-4-6-14(15)20/h4-7,10,13,16,21,25H,8-9,11-12H2,1-3H3. The predicted molar refractivity (Wildman–Crippen MR) is 96.9 cm³/mol. The smallest absolute Gasteiger partial charge is 0.410 e. The van der Waals surface area contributed by atoms with Crippen molar-refractivity contribution in [3.05, 3.63) is 42.5 Å². The van der Waals surface area contributed by atoms with Gasteiger partial charge in [-0.2, -0.15) is 0 Å². The molecule has 2 aliphatic rings. The first-order valence-electron chi connectivity index (χ1n) is 8.85. The minimum absolute atomic E-state index is 0.347. The van der Waals surface area contributed by atoms with Crippen molar-refractivity contribution >= 4 is 11.8 Å². The molecule has 0 radical (unpaired) electrons. The Morgan fingerprint density at radius 1 is 1.31 bits per heavy atom. The lowest BCUT2D eigenvalue weighted by atomic mass is 9.87. The monoisotopic (exact) mass is 363 g/mol. The van der Waals surface area contributed by atoms with Crippen LogP contribution in [0.25, 0.3) is 0 Å². The van der Waals surface area contributed by atoms with Crippen LogP contribution in [0.2, 0.25) is 0 Å². The molecule has 1 fully saturated rings. The molecule has 142 valence electrons. The fourth-order valence-electron chi connectivity index (χ4n) is 3.35. The number of amides is 1. The van der Waals surface area contributed by atoms with Crippen LogP contribution < -0.4 is 10.2 Å². The van der Waals surface area contributed by atoms with E-state index in [9.17, 15) is 14.3 Å².